The van der Waals surface area contributed by atoms with E-state index in [9.17, 15) is 8.76 Å². The van der Waals surface area contributed by atoms with Crippen LogP contribution >= 0.6 is 22.6 Å². The zero-order valence-electron chi connectivity index (χ0n) is 3.26. The molecule has 0 fully saturated rings. The van der Waals surface area contributed by atoms with E-state index >= 15 is 0 Å². The van der Waals surface area contributed by atoms with Crippen molar-refractivity contribution in [1.82, 2.24) is 0 Å². The standard InChI is InChI=1S/C3H3IO2S/c1-2-3(4)7(5)6/h1,3H,(H,5,6)/p-1. The van der Waals surface area contributed by atoms with Crippen LogP contribution in [0.25, 0.3) is 0 Å². The van der Waals surface area contributed by atoms with Crippen LogP contribution in [0.4, 0.5) is 0 Å². The van der Waals surface area contributed by atoms with Gasteiger partial charge >= 0.3 is 0 Å². The van der Waals surface area contributed by atoms with Crippen LogP contribution in [-0.4, -0.2) is 12.0 Å². The van der Waals surface area contributed by atoms with Gasteiger partial charge in [-0.2, -0.15) is 0 Å². The predicted molar refractivity (Wildman–Crippen MR) is 35.6 cm³/mol. The summed E-state index contributed by atoms with van der Waals surface area (Å²) < 4.78 is 18.9. The van der Waals surface area contributed by atoms with Crippen LogP contribution in [0.2, 0.25) is 0 Å². The number of alkyl halides is 1. The smallest absolute Gasteiger partial charge is 0.133 e. The van der Waals surface area contributed by atoms with Gasteiger partial charge in [0.2, 0.25) is 0 Å². The highest BCUT2D eigenvalue weighted by molar-refractivity contribution is 14.1. The average Bonchev–Trinajstić information content (AvgIpc) is 1.65. The van der Waals surface area contributed by atoms with Gasteiger partial charge < -0.3 is 4.55 Å². The fraction of sp³-hybridized carbons (Fsp3) is 0.333. The zero-order chi connectivity index (χ0) is 5.86. The Morgan fingerprint density at radius 3 is 2.43 bits per heavy atom. The third-order valence-electron chi connectivity index (χ3n) is 0.300. The first-order valence-corrected chi connectivity index (χ1v) is 3.75. The first-order valence-electron chi connectivity index (χ1n) is 1.36. The Kier molecular flexibility index (Phi) is 3.60. The molecule has 7 heavy (non-hydrogen) atoms. The molecule has 0 rings (SSSR count). The van der Waals surface area contributed by atoms with Crippen LogP contribution in [0.1, 0.15) is 0 Å². The molecule has 0 aliphatic rings. The summed E-state index contributed by atoms with van der Waals surface area (Å²) in [5, 5.41) is 0. The van der Waals surface area contributed by atoms with Crippen LogP contribution in [0.15, 0.2) is 0 Å². The monoisotopic (exact) mass is 229 g/mol. The van der Waals surface area contributed by atoms with Crippen molar-refractivity contribution in [2.24, 2.45) is 0 Å². The molecule has 0 saturated heterocycles. The van der Waals surface area contributed by atoms with Crippen LogP contribution in [0.3, 0.4) is 0 Å². The van der Waals surface area contributed by atoms with E-state index in [0.717, 1.165) is 0 Å². The summed E-state index contributed by atoms with van der Waals surface area (Å²) in [6.45, 7) is 0. The fourth-order valence-electron chi connectivity index (χ4n) is 0.0556. The quantitative estimate of drug-likeness (QED) is 0.280. The molecule has 0 bridgehead atoms. The molecule has 0 aliphatic carbocycles. The second-order valence-electron chi connectivity index (χ2n) is 0.743. The molecule has 0 aliphatic heterocycles. The van der Waals surface area contributed by atoms with E-state index < -0.39 is 14.3 Å². The zero-order valence-corrected chi connectivity index (χ0v) is 6.23. The van der Waals surface area contributed by atoms with Gasteiger partial charge in [-0.15, -0.1) is 6.42 Å². The highest BCUT2D eigenvalue weighted by Gasteiger charge is 1.92. The van der Waals surface area contributed by atoms with E-state index in [1.807, 2.05) is 5.92 Å². The lowest BCUT2D eigenvalue weighted by Crippen LogP contribution is -2.00. The summed E-state index contributed by atoms with van der Waals surface area (Å²) in [5.41, 5.74) is 0. The Hall–Kier alpha value is 0.400. The summed E-state index contributed by atoms with van der Waals surface area (Å²) in [6, 6.07) is 0. The third kappa shape index (κ3) is 3.02. The van der Waals surface area contributed by atoms with E-state index in [1.54, 1.807) is 22.6 Å². The molecule has 0 aromatic rings. The maximum Gasteiger partial charge on any atom is 0.133 e. The third-order valence-corrected chi connectivity index (χ3v) is 2.38. The average molecular weight is 229 g/mol. The molecule has 40 valence electrons. The highest BCUT2D eigenvalue weighted by atomic mass is 127. The van der Waals surface area contributed by atoms with Crippen molar-refractivity contribution in [3.63, 3.8) is 0 Å². The van der Waals surface area contributed by atoms with Gasteiger partial charge in [0.15, 0.2) is 0 Å². The number of hydrogen-bond acceptors (Lipinski definition) is 2. The Morgan fingerprint density at radius 2 is 2.43 bits per heavy atom. The van der Waals surface area contributed by atoms with Gasteiger partial charge in [-0.1, -0.05) is 28.5 Å². The summed E-state index contributed by atoms with van der Waals surface area (Å²) in [6.07, 6.45) is 4.72. The number of terminal acetylenes is 1. The normalized spacial score (nSPS) is 17.3. The first kappa shape index (κ1) is 7.40. The molecule has 0 N–H and O–H groups in total. The number of hydrogen-bond donors (Lipinski definition) is 0. The van der Waals surface area contributed by atoms with Crippen molar-refractivity contribution in [3.05, 3.63) is 0 Å². The van der Waals surface area contributed by atoms with Crippen molar-refractivity contribution < 1.29 is 8.76 Å². The Labute approximate surface area is 58.1 Å². The van der Waals surface area contributed by atoms with E-state index in [2.05, 4.69) is 0 Å². The van der Waals surface area contributed by atoms with E-state index in [1.165, 1.54) is 0 Å². The summed E-state index contributed by atoms with van der Waals surface area (Å²) in [5.74, 6) is 2.04. The molecule has 0 radical (unpaired) electrons. The largest absolute Gasteiger partial charge is 0.771 e. The maximum absolute atomic E-state index is 9.78. The topological polar surface area (TPSA) is 40.1 Å². The molecule has 0 saturated carbocycles. The van der Waals surface area contributed by atoms with Crippen molar-refractivity contribution in [1.29, 1.82) is 0 Å². The second-order valence-corrected chi connectivity index (χ2v) is 3.83. The van der Waals surface area contributed by atoms with Gasteiger partial charge in [0.25, 0.3) is 0 Å². The molecule has 4 heteroatoms. The van der Waals surface area contributed by atoms with Gasteiger partial charge in [0.1, 0.15) is 3.26 Å². The lowest BCUT2D eigenvalue weighted by Gasteiger charge is -2.03. The molecule has 0 heterocycles. The Bertz CT molecular complexity index is 117. The minimum atomic E-state index is -2.11. The van der Waals surface area contributed by atoms with Gasteiger partial charge in [-0.3, -0.25) is 4.21 Å². The first-order chi connectivity index (χ1) is 3.18. The maximum atomic E-state index is 9.78. The molecule has 2 unspecified atom stereocenters. The molecular weight excluding hydrogens is 227 g/mol. The Morgan fingerprint density at radius 1 is 2.00 bits per heavy atom. The second kappa shape index (κ2) is 3.41. The predicted octanol–water partition coefficient (Wildman–Crippen LogP) is 0.260. The molecule has 0 aromatic carbocycles. The lowest BCUT2D eigenvalue weighted by atomic mass is 10.8. The van der Waals surface area contributed by atoms with Crippen LogP contribution in [-0.2, 0) is 11.1 Å². The molecule has 2 nitrogen and oxygen atoms in total. The van der Waals surface area contributed by atoms with Gasteiger partial charge in [-0.05, 0) is 11.1 Å². The van der Waals surface area contributed by atoms with Crippen molar-refractivity contribution in [2.45, 2.75) is 3.26 Å². The van der Waals surface area contributed by atoms with E-state index in [-0.39, 0.29) is 0 Å². The SMILES string of the molecule is C#CC(I)S(=O)[O-]. The van der Waals surface area contributed by atoms with Crippen molar-refractivity contribution >= 4 is 33.7 Å². The van der Waals surface area contributed by atoms with E-state index in [4.69, 9.17) is 6.42 Å². The van der Waals surface area contributed by atoms with Crippen LogP contribution in [0, 0.1) is 12.3 Å². The number of halogens is 1. The van der Waals surface area contributed by atoms with Crippen molar-refractivity contribution in [2.75, 3.05) is 0 Å². The van der Waals surface area contributed by atoms with E-state index in [0.29, 0.717) is 0 Å². The summed E-state index contributed by atoms with van der Waals surface area (Å²) >= 11 is -0.463. The molecule has 0 amide bonds. The molecule has 0 spiro atoms. The molecule has 2 atom stereocenters. The fourth-order valence-corrected chi connectivity index (χ4v) is 0.167. The van der Waals surface area contributed by atoms with Gasteiger partial charge in [0.05, 0.1) is 0 Å². The Balaban J connectivity index is 3.63. The highest BCUT2D eigenvalue weighted by Crippen LogP contribution is 1.99. The summed E-state index contributed by atoms with van der Waals surface area (Å²) in [4.78, 5) is 0. The van der Waals surface area contributed by atoms with Crippen LogP contribution < -0.4 is 0 Å². The van der Waals surface area contributed by atoms with Gasteiger partial charge in [-0.25, -0.2) is 0 Å². The minimum Gasteiger partial charge on any atom is -0.771 e. The van der Waals surface area contributed by atoms with Gasteiger partial charge in [0, 0.05) is 0 Å². The molecular formula is C3H2IO2S-. The van der Waals surface area contributed by atoms with Crippen molar-refractivity contribution in [3.8, 4) is 12.3 Å². The number of rotatable bonds is 1. The summed E-state index contributed by atoms with van der Waals surface area (Å²) in [7, 11) is 0. The van der Waals surface area contributed by atoms with Crippen LogP contribution in [0.5, 0.6) is 0 Å². The molecule has 0 aromatic heterocycles. The lowest BCUT2D eigenvalue weighted by molar-refractivity contribution is 0.539. The minimum absolute atomic E-state index is 0.683.